The molecule has 2 aromatic rings. The predicted octanol–water partition coefficient (Wildman–Crippen LogP) is -0.119. The zero-order chi connectivity index (χ0) is 12.4. The lowest BCUT2D eigenvalue weighted by atomic mass is 10.2. The van der Waals surface area contributed by atoms with Crippen molar-refractivity contribution in [1.29, 1.82) is 0 Å². The van der Waals surface area contributed by atoms with E-state index >= 15 is 0 Å². The SMILES string of the molecule is O=C(O)Cn1c(=O)[nH]cc(-c2ccco2)c1=O. The summed E-state index contributed by atoms with van der Waals surface area (Å²) in [7, 11) is 0. The Morgan fingerprint density at radius 3 is 2.82 bits per heavy atom. The first kappa shape index (κ1) is 10.9. The van der Waals surface area contributed by atoms with Crippen molar-refractivity contribution >= 4 is 5.97 Å². The largest absolute Gasteiger partial charge is 0.480 e. The summed E-state index contributed by atoms with van der Waals surface area (Å²) in [5.41, 5.74) is -1.37. The first-order valence-corrected chi connectivity index (χ1v) is 4.68. The van der Waals surface area contributed by atoms with Gasteiger partial charge in [-0.05, 0) is 12.1 Å². The Balaban J connectivity index is 2.62. The van der Waals surface area contributed by atoms with Gasteiger partial charge < -0.3 is 14.5 Å². The van der Waals surface area contributed by atoms with Crippen LogP contribution in [0.1, 0.15) is 0 Å². The van der Waals surface area contributed by atoms with Crippen molar-refractivity contribution < 1.29 is 14.3 Å². The molecule has 0 aromatic carbocycles. The maximum Gasteiger partial charge on any atom is 0.328 e. The van der Waals surface area contributed by atoms with Gasteiger partial charge in [-0.25, -0.2) is 9.36 Å². The zero-order valence-corrected chi connectivity index (χ0v) is 8.54. The molecule has 0 radical (unpaired) electrons. The fourth-order valence-corrected chi connectivity index (χ4v) is 1.40. The van der Waals surface area contributed by atoms with Crippen LogP contribution >= 0.6 is 0 Å². The number of carboxylic acids is 1. The summed E-state index contributed by atoms with van der Waals surface area (Å²) in [6, 6.07) is 3.13. The topological polar surface area (TPSA) is 105 Å². The summed E-state index contributed by atoms with van der Waals surface area (Å²) < 4.78 is 5.61. The standard InChI is InChI=1S/C10H8N2O5/c13-8(14)5-12-9(15)6(4-11-10(12)16)7-2-1-3-17-7/h1-4H,5H2,(H,11,16)(H,13,14). The van der Waals surface area contributed by atoms with Gasteiger partial charge in [-0.15, -0.1) is 0 Å². The number of nitrogens with one attached hydrogen (secondary N) is 1. The Morgan fingerprint density at radius 2 is 2.24 bits per heavy atom. The van der Waals surface area contributed by atoms with Crippen molar-refractivity contribution in [1.82, 2.24) is 9.55 Å². The number of H-pyrrole nitrogens is 1. The molecule has 2 N–H and O–H groups in total. The summed E-state index contributed by atoms with van der Waals surface area (Å²) in [6.07, 6.45) is 2.57. The Morgan fingerprint density at radius 1 is 1.47 bits per heavy atom. The number of rotatable bonds is 3. The van der Waals surface area contributed by atoms with Gasteiger partial charge in [-0.1, -0.05) is 0 Å². The highest BCUT2D eigenvalue weighted by Crippen LogP contribution is 2.13. The van der Waals surface area contributed by atoms with E-state index in [-0.39, 0.29) is 11.3 Å². The number of hydrogen-bond donors (Lipinski definition) is 2. The van der Waals surface area contributed by atoms with Gasteiger partial charge in [0.2, 0.25) is 0 Å². The number of aromatic amines is 1. The lowest BCUT2D eigenvalue weighted by Crippen LogP contribution is -2.37. The molecule has 7 nitrogen and oxygen atoms in total. The first-order chi connectivity index (χ1) is 8.09. The number of hydrogen-bond acceptors (Lipinski definition) is 4. The van der Waals surface area contributed by atoms with Crippen LogP contribution in [0.15, 0.2) is 38.6 Å². The molecule has 0 fully saturated rings. The normalized spacial score (nSPS) is 10.4. The van der Waals surface area contributed by atoms with Gasteiger partial charge in [-0.2, -0.15) is 0 Å². The molecule has 0 amide bonds. The number of carbonyl (C=O) groups is 1. The van der Waals surface area contributed by atoms with Gasteiger partial charge in [0.15, 0.2) is 0 Å². The fraction of sp³-hybridized carbons (Fsp3) is 0.100. The molecule has 0 aliphatic rings. The number of aromatic nitrogens is 2. The van der Waals surface area contributed by atoms with E-state index in [4.69, 9.17) is 9.52 Å². The molecule has 2 aromatic heterocycles. The third-order valence-electron chi connectivity index (χ3n) is 2.14. The molecular formula is C10H8N2O5. The van der Waals surface area contributed by atoms with E-state index in [2.05, 4.69) is 4.98 Å². The summed E-state index contributed by atoms with van der Waals surface area (Å²) in [4.78, 5) is 36.0. The van der Waals surface area contributed by atoms with Crippen LogP contribution in [0.3, 0.4) is 0 Å². The maximum atomic E-state index is 11.8. The Hall–Kier alpha value is -2.57. The highest BCUT2D eigenvalue weighted by Gasteiger charge is 2.13. The van der Waals surface area contributed by atoms with Crippen molar-refractivity contribution in [2.24, 2.45) is 0 Å². The maximum absolute atomic E-state index is 11.8. The van der Waals surface area contributed by atoms with Crippen LogP contribution in [0.4, 0.5) is 0 Å². The third kappa shape index (κ3) is 2.03. The molecule has 0 atom stereocenters. The second kappa shape index (κ2) is 4.12. The smallest absolute Gasteiger partial charge is 0.328 e. The van der Waals surface area contributed by atoms with Crippen LogP contribution in [0.5, 0.6) is 0 Å². The molecule has 88 valence electrons. The molecule has 0 aliphatic carbocycles. The van der Waals surface area contributed by atoms with Gasteiger partial charge in [0.1, 0.15) is 12.3 Å². The lowest BCUT2D eigenvalue weighted by Gasteiger charge is -2.02. The Kier molecular flexibility index (Phi) is 2.65. The van der Waals surface area contributed by atoms with E-state index in [1.165, 1.54) is 12.5 Å². The van der Waals surface area contributed by atoms with E-state index in [9.17, 15) is 14.4 Å². The van der Waals surface area contributed by atoms with Crippen molar-refractivity contribution in [3.05, 3.63) is 45.4 Å². The van der Waals surface area contributed by atoms with E-state index in [0.29, 0.717) is 4.57 Å². The average Bonchev–Trinajstić information content (AvgIpc) is 2.77. The van der Waals surface area contributed by atoms with Crippen LogP contribution in [-0.2, 0) is 11.3 Å². The summed E-state index contributed by atoms with van der Waals surface area (Å²) in [5, 5.41) is 8.60. The summed E-state index contributed by atoms with van der Waals surface area (Å²) in [5.74, 6) is -1.00. The molecule has 2 heterocycles. The monoisotopic (exact) mass is 236 g/mol. The van der Waals surface area contributed by atoms with Crippen molar-refractivity contribution in [2.75, 3.05) is 0 Å². The average molecular weight is 236 g/mol. The number of carboxylic acid groups (broad SMARTS) is 1. The summed E-state index contributed by atoms with van der Waals surface area (Å²) >= 11 is 0. The highest BCUT2D eigenvalue weighted by molar-refractivity contribution is 5.66. The molecule has 0 saturated heterocycles. The predicted molar refractivity (Wildman–Crippen MR) is 56.7 cm³/mol. The first-order valence-electron chi connectivity index (χ1n) is 4.68. The number of furan rings is 1. The quantitative estimate of drug-likeness (QED) is 0.772. The molecule has 0 saturated carbocycles. The van der Waals surface area contributed by atoms with Crippen LogP contribution in [0.2, 0.25) is 0 Å². The van der Waals surface area contributed by atoms with E-state index < -0.39 is 23.8 Å². The van der Waals surface area contributed by atoms with Crippen LogP contribution in [0, 0.1) is 0 Å². The number of nitrogens with zero attached hydrogens (tertiary/aromatic N) is 1. The number of aliphatic carboxylic acids is 1. The third-order valence-corrected chi connectivity index (χ3v) is 2.14. The molecule has 2 rings (SSSR count). The van der Waals surface area contributed by atoms with E-state index in [1.54, 1.807) is 12.1 Å². The van der Waals surface area contributed by atoms with E-state index in [0.717, 1.165) is 0 Å². The molecule has 0 spiro atoms. The van der Waals surface area contributed by atoms with Crippen LogP contribution in [-0.4, -0.2) is 20.6 Å². The molecule has 17 heavy (non-hydrogen) atoms. The molecule has 0 aliphatic heterocycles. The van der Waals surface area contributed by atoms with E-state index in [1.807, 2.05) is 0 Å². The van der Waals surface area contributed by atoms with Crippen molar-refractivity contribution in [3.8, 4) is 11.3 Å². The molecule has 0 bridgehead atoms. The second-order valence-electron chi connectivity index (χ2n) is 3.27. The van der Waals surface area contributed by atoms with Gasteiger partial charge in [-0.3, -0.25) is 9.59 Å². The van der Waals surface area contributed by atoms with Gasteiger partial charge in [0.25, 0.3) is 5.56 Å². The van der Waals surface area contributed by atoms with Gasteiger partial charge in [0, 0.05) is 6.20 Å². The zero-order valence-electron chi connectivity index (χ0n) is 8.54. The van der Waals surface area contributed by atoms with Crippen molar-refractivity contribution in [2.45, 2.75) is 6.54 Å². The van der Waals surface area contributed by atoms with Crippen LogP contribution in [0.25, 0.3) is 11.3 Å². The second-order valence-corrected chi connectivity index (χ2v) is 3.27. The minimum Gasteiger partial charge on any atom is -0.480 e. The van der Waals surface area contributed by atoms with Crippen molar-refractivity contribution in [3.63, 3.8) is 0 Å². The fourth-order valence-electron chi connectivity index (χ4n) is 1.40. The lowest BCUT2D eigenvalue weighted by molar-refractivity contribution is -0.137. The highest BCUT2D eigenvalue weighted by atomic mass is 16.4. The Bertz CT molecular complexity index is 650. The minimum atomic E-state index is -1.27. The molecule has 7 heteroatoms. The van der Waals surface area contributed by atoms with Gasteiger partial charge >= 0.3 is 11.7 Å². The minimum absolute atomic E-state index is 0.107. The van der Waals surface area contributed by atoms with Crippen LogP contribution < -0.4 is 11.2 Å². The summed E-state index contributed by atoms with van der Waals surface area (Å²) in [6.45, 7) is -0.692. The molecule has 0 unspecified atom stereocenters. The van der Waals surface area contributed by atoms with Gasteiger partial charge in [0.05, 0.1) is 11.8 Å². The molecular weight excluding hydrogens is 228 g/mol. The Labute approximate surface area is 93.9 Å².